The van der Waals surface area contributed by atoms with Crippen LogP contribution in [0.25, 0.3) is 0 Å². The van der Waals surface area contributed by atoms with Gasteiger partial charge in [-0.15, -0.1) is 0 Å². The number of nitrogens with one attached hydrogen (secondary N) is 5. The summed E-state index contributed by atoms with van der Waals surface area (Å²) in [6.07, 6.45) is -0.404. The minimum Gasteiger partial charge on any atom is -0.481 e. The lowest BCUT2D eigenvalue weighted by atomic mass is 10.0. The standard InChI is InChI=1S/C24H34N8O7S/c25-24(26)27-8-4-7-14-20(36)28-11-18(33)29-16(10-19(34)35)22(38)31-15(9-13-5-2-1-3-6-13)21(37)32-17(12-40)23(39)30-14/h1-3,5-6,14-17,40H,4,7-12H2,(H,28,36)(H,29,33)(H,30,39)(H,31,38)(H,32,37)(H,34,35)(H4,25,26,27)/t14?,15?,16-,17+/m1/s1. The number of carbonyl (C=O) groups excluding carboxylic acids is 5. The van der Waals surface area contributed by atoms with Crippen molar-refractivity contribution >= 4 is 54.1 Å². The van der Waals surface area contributed by atoms with Crippen LogP contribution in [0.3, 0.4) is 0 Å². The molecular formula is C24H34N8O7S. The van der Waals surface area contributed by atoms with E-state index in [9.17, 15) is 33.9 Å². The third-order valence-electron chi connectivity index (χ3n) is 5.76. The molecule has 0 aliphatic carbocycles. The molecule has 0 radical (unpaired) electrons. The Labute approximate surface area is 235 Å². The van der Waals surface area contributed by atoms with Crippen molar-refractivity contribution in [3.05, 3.63) is 35.9 Å². The Kier molecular flexibility index (Phi) is 12.7. The average molecular weight is 579 g/mol. The fraction of sp³-hybridized carbons (Fsp3) is 0.458. The number of amides is 5. The zero-order chi connectivity index (χ0) is 29.7. The fourth-order valence-electron chi connectivity index (χ4n) is 3.76. The number of carboxylic acids is 1. The molecule has 1 aliphatic heterocycles. The highest BCUT2D eigenvalue weighted by molar-refractivity contribution is 7.80. The molecule has 0 saturated carbocycles. The smallest absolute Gasteiger partial charge is 0.305 e. The van der Waals surface area contributed by atoms with Gasteiger partial charge in [0.1, 0.15) is 24.2 Å². The molecule has 5 amide bonds. The summed E-state index contributed by atoms with van der Waals surface area (Å²) in [5.41, 5.74) is 11.3. The predicted molar refractivity (Wildman–Crippen MR) is 147 cm³/mol. The number of hydrogen-bond acceptors (Lipinski definition) is 8. The molecule has 2 unspecified atom stereocenters. The van der Waals surface area contributed by atoms with Crippen LogP contribution in [-0.4, -0.2) is 89.6 Å². The van der Waals surface area contributed by atoms with Gasteiger partial charge in [-0.2, -0.15) is 12.6 Å². The number of carbonyl (C=O) groups is 6. The van der Waals surface area contributed by atoms with Crippen LogP contribution >= 0.6 is 12.6 Å². The highest BCUT2D eigenvalue weighted by Crippen LogP contribution is 2.07. The van der Waals surface area contributed by atoms with Crippen LogP contribution in [0.4, 0.5) is 0 Å². The number of benzene rings is 1. The maximum Gasteiger partial charge on any atom is 0.305 e. The van der Waals surface area contributed by atoms with E-state index in [1.54, 1.807) is 30.3 Å². The molecule has 1 aromatic carbocycles. The molecule has 1 saturated heterocycles. The molecule has 1 aromatic rings. The summed E-state index contributed by atoms with van der Waals surface area (Å²) in [4.78, 5) is 79.9. The van der Waals surface area contributed by atoms with E-state index in [-0.39, 0.29) is 31.1 Å². The van der Waals surface area contributed by atoms with Gasteiger partial charge in [0.25, 0.3) is 0 Å². The van der Waals surface area contributed by atoms with Gasteiger partial charge >= 0.3 is 5.97 Å². The monoisotopic (exact) mass is 578 g/mol. The van der Waals surface area contributed by atoms with Gasteiger partial charge in [-0.3, -0.25) is 33.8 Å². The second-order valence-corrected chi connectivity index (χ2v) is 9.31. The number of guanidine groups is 1. The lowest BCUT2D eigenvalue weighted by Crippen LogP contribution is -2.58. The Balaban J connectivity index is 2.38. The number of nitrogens with zero attached hydrogens (tertiary/aromatic N) is 1. The van der Waals surface area contributed by atoms with Gasteiger partial charge in [0.05, 0.1) is 13.0 Å². The highest BCUT2D eigenvalue weighted by atomic mass is 32.1. The van der Waals surface area contributed by atoms with Crippen LogP contribution < -0.4 is 38.1 Å². The van der Waals surface area contributed by atoms with Crippen molar-refractivity contribution in [2.75, 3.05) is 18.8 Å². The van der Waals surface area contributed by atoms with E-state index in [4.69, 9.17) is 11.5 Å². The summed E-state index contributed by atoms with van der Waals surface area (Å²) in [7, 11) is 0. The van der Waals surface area contributed by atoms with Gasteiger partial charge in [0, 0.05) is 18.7 Å². The summed E-state index contributed by atoms with van der Waals surface area (Å²) in [6.45, 7) is -0.440. The minimum absolute atomic E-state index is 0.000516. The van der Waals surface area contributed by atoms with E-state index in [1.807, 2.05) is 0 Å². The molecule has 10 N–H and O–H groups in total. The first-order chi connectivity index (χ1) is 19.0. The molecular weight excluding hydrogens is 544 g/mol. The summed E-state index contributed by atoms with van der Waals surface area (Å²) >= 11 is 4.15. The Bertz CT molecular complexity index is 1110. The van der Waals surface area contributed by atoms with Crippen LogP contribution in [0.2, 0.25) is 0 Å². The van der Waals surface area contributed by atoms with Gasteiger partial charge in [-0.25, -0.2) is 0 Å². The molecule has 0 aromatic heterocycles. The largest absolute Gasteiger partial charge is 0.481 e. The van der Waals surface area contributed by atoms with Crippen molar-refractivity contribution in [2.24, 2.45) is 16.5 Å². The number of aliphatic carboxylic acids is 1. The SMILES string of the molecule is NC(N)=NCCCC1NC(=O)[C@H](CS)NC(=O)C(Cc2ccccc2)NC(=O)[C@@H](CC(=O)O)NC(=O)CNC1=O. The molecule has 218 valence electrons. The Morgan fingerprint density at radius 1 is 0.875 bits per heavy atom. The second-order valence-electron chi connectivity index (χ2n) is 8.94. The van der Waals surface area contributed by atoms with E-state index in [1.165, 1.54) is 0 Å². The molecule has 2 rings (SSSR count). The highest BCUT2D eigenvalue weighted by Gasteiger charge is 2.32. The number of carboxylic acid groups (broad SMARTS) is 1. The molecule has 1 aliphatic rings. The first-order valence-electron chi connectivity index (χ1n) is 12.4. The van der Waals surface area contributed by atoms with Gasteiger partial charge in [-0.1, -0.05) is 30.3 Å². The number of thiol groups is 1. The summed E-state index contributed by atoms with van der Waals surface area (Å²) in [5.74, 6) is -5.66. The average Bonchev–Trinajstić information content (AvgIpc) is 2.90. The Morgan fingerprint density at radius 2 is 1.48 bits per heavy atom. The van der Waals surface area contributed by atoms with Gasteiger partial charge < -0.3 is 43.2 Å². The third-order valence-corrected chi connectivity index (χ3v) is 6.13. The number of rotatable bonds is 9. The number of hydrogen-bond donors (Lipinski definition) is 9. The third kappa shape index (κ3) is 10.8. The predicted octanol–water partition coefficient (Wildman–Crippen LogP) is -3.24. The number of aliphatic imine (C=N–C) groups is 1. The van der Waals surface area contributed by atoms with E-state index in [2.05, 4.69) is 44.2 Å². The van der Waals surface area contributed by atoms with E-state index in [0.717, 1.165) is 0 Å². The van der Waals surface area contributed by atoms with E-state index < -0.39 is 72.6 Å². The molecule has 0 bridgehead atoms. The zero-order valence-corrected chi connectivity index (χ0v) is 22.5. The summed E-state index contributed by atoms with van der Waals surface area (Å²) in [5, 5.41) is 21.5. The molecule has 1 heterocycles. The molecule has 1 fully saturated rings. The maximum absolute atomic E-state index is 13.3. The Morgan fingerprint density at radius 3 is 2.10 bits per heavy atom. The topological polar surface area (TPSA) is 247 Å². The van der Waals surface area contributed by atoms with Crippen LogP contribution in [0.15, 0.2) is 35.3 Å². The zero-order valence-electron chi connectivity index (χ0n) is 21.6. The van der Waals surface area contributed by atoms with Crippen molar-refractivity contribution < 1.29 is 33.9 Å². The molecule has 16 heteroatoms. The van der Waals surface area contributed by atoms with Crippen LogP contribution in [-0.2, 0) is 35.2 Å². The van der Waals surface area contributed by atoms with Crippen molar-refractivity contribution in [3.63, 3.8) is 0 Å². The van der Waals surface area contributed by atoms with Crippen LogP contribution in [0.5, 0.6) is 0 Å². The van der Waals surface area contributed by atoms with Crippen LogP contribution in [0.1, 0.15) is 24.8 Å². The van der Waals surface area contributed by atoms with E-state index >= 15 is 0 Å². The van der Waals surface area contributed by atoms with Gasteiger partial charge in [0.2, 0.25) is 29.5 Å². The maximum atomic E-state index is 13.3. The van der Waals surface area contributed by atoms with Crippen LogP contribution in [0, 0.1) is 0 Å². The normalized spacial score (nSPS) is 22.8. The second kappa shape index (κ2) is 15.9. The van der Waals surface area contributed by atoms with Crippen molar-refractivity contribution in [1.29, 1.82) is 0 Å². The summed E-state index contributed by atoms with van der Waals surface area (Å²) in [6, 6.07) is 3.56. The number of nitrogens with two attached hydrogens (primary N) is 2. The lowest BCUT2D eigenvalue weighted by Gasteiger charge is -2.25. The molecule has 15 nitrogen and oxygen atoms in total. The van der Waals surface area contributed by atoms with Gasteiger partial charge in [-0.05, 0) is 18.4 Å². The first kappa shape index (κ1) is 31.9. The summed E-state index contributed by atoms with van der Waals surface area (Å²) < 4.78 is 0. The van der Waals surface area contributed by atoms with Gasteiger partial charge in [0.15, 0.2) is 5.96 Å². The lowest BCUT2D eigenvalue weighted by molar-refractivity contribution is -0.141. The Hall–Kier alpha value is -4.34. The minimum atomic E-state index is -1.55. The van der Waals surface area contributed by atoms with Crippen molar-refractivity contribution in [1.82, 2.24) is 26.6 Å². The molecule has 4 atom stereocenters. The first-order valence-corrected chi connectivity index (χ1v) is 13.0. The quantitative estimate of drug-likeness (QED) is 0.0617. The van der Waals surface area contributed by atoms with Crippen molar-refractivity contribution in [2.45, 2.75) is 49.9 Å². The molecule has 40 heavy (non-hydrogen) atoms. The van der Waals surface area contributed by atoms with E-state index in [0.29, 0.717) is 12.0 Å². The fourth-order valence-corrected chi connectivity index (χ4v) is 4.02. The molecule has 0 spiro atoms. The van der Waals surface area contributed by atoms with Crippen molar-refractivity contribution in [3.8, 4) is 0 Å².